The molecule has 0 heterocycles. The van der Waals surface area contributed by atoms with Crippen molar-refractivity contribution in [2.24, 2.45) is 0 Å². The first kappa shape index (κ1) is 19.8. The number of carbonyl (C=O) groups is 1. The third kappa shape index (κ3) is 3.97. The van der Waals surface area contributed by atoms with Gasteiger partial charge in [0.2, 0.25) is 0 Å². The molecule has 1 aromatic rings. The second kappa shape index (κ2) is 8.01. The van der Waals surface area contributed by atoms with Crippen LogP contribution in [0.2, 0.25) is 0 Å². The van der Waals surface area contributed by atoms with Crippen molar-refractivity contribution in [3.05, 3.63) is 55.1 Å². The zero-order valence-corrected chi connectivity index (χ0v) is 13.3. The van der Waals surface area contributed by atoms with Crippen LogP contribution in [-0.2, 0) is 15.1 Å². The predicted octanol–water partition coefficient (Wildman–Crippen LogP) is 3.18. The number of rotatable bonds is 8. The lowest BCUT2D eigenvalue weighted by Crippen LogP contribution is -2.50. The van der Waals surface area contributed by atoms with Gasteiger partial charge in [0.15, 0.2) is 0 Å². The molecule has 1 N–H and O–H groups in total. The average Bonchev–Trinajstić information content (AvgIpc) is 2.53. The number of benzene rings is 1. The zero-order valence-electron chi connectivity index (χ0n) is 13.3. The summed E-state index contributed by atoms with van der Waals surface area (Å²) in [4.78, 5) is 13.5. The van der Waals surface area contributed by atoms with Gasteiger partial charge in [-0.1, -0.05) is 24.3 Å². The normalized spacial score (nSPS) is 13.7. The number of carbonyl (C=O) groups excluding carboxylic acids is 1. The topological polar surface area (TPSA) is 49.8 Å². The quantitative estimate of drug-likeness (QED) is 0.582. The average molecular weight is 343 g/mol. The molecule has 132 valence electrons. The molecule has 0 saturated carbocycles. The van der Waals surface area contributed by atoms with Crippen molar-refractivity contribution in [2.45, 2.75) is 18.7 Å². The Balaban J connectivity index is 3.25. The van der Waals surface area contributed by atoms with Crippen molar-refractivity contribution in [2.75, 3.05) is 24.6 Å². The lowest BCUT2D eigenvalue weighted by molar-refractivity contribution is -0.267. The Bertz CT molecular complexity index is 574. The Morgan fingerprint density at radius 2 is 1.71 bits per heavy atom. The zero-order chi connectivity index (χ0) is 18.4. The van der Waals surface area contributed by atoms with Gasteiger partial charge in [-0.25, -0.2) is 4.79 Å². The molecule has 1 aromatic carbocycles. The highest BCUT2D eigenvalue weighted by atomic mass is 19.4. The van der Waals surface area contributed by atoms with Crippen LogP contribution in [0.15, 0.2) is 49.6 Å². The Hall–Kier alpha value is -2.28. The summed E-state index contributed by atoms with van der Waals surface area (Å²) in [7, 11) is 0. The maximum atomic E-state index is 13.3. The summed E-state index contributed by atoms with van der Waals surface area (Å²) >= 11 is 0. The Labute approximate surface area is 138 Å². The Morgan fingerprint density at radius 1 is 1.21 bits per heavy atom. The number of alkyl halides is 3. The summed E-state index contributed by atoms with van der Waals surface area (Å²) in [6.07, 6.45) is -1.92. The third-order valence-corrected chi connectivity index (χ3v) is 3.33. The van der Waals surface area contributed by atoms with Crippen molar-refractivity contribution < 1.29 is 27.8 Å². The van der Waals surface area contributed by atoms with Crippen LogP contribution in [0.4, 0.5) is 18.9 Å². The molecule has 4 nitrogen and oxygen atoms in total. The van der Waals surface area contributed by atoms with Gasteiger partial charge in [0.05, 0.1) is 6.61 Å². The van der Waals surface area contributed by atoms with Crippen molar-refractivity contribution >= 4 is 11.7 Å². The minimum Gasteiger partial charge on any atom is -0.463 e. The highest BCUT2D eigenvalue weighted by Crippen LogP contribution is 2.40. The van der Waals surface area contributed by atoms with Gasteiger partial charge in [-0.3, -0.25) is 0 Å². The largest absolute Gasteiger partial charge is 0.463 e. The molecule has 0 aliphatic rings. The number of anilines is 1. The molecule has 0 aromatic heterocycles. The van der Waals surface area contributed by atoms with Crippen LogP contribution in [0.25, 0.3) is 0 Å². The first-order valence-corrected chi connectivity index (χ1v) is 7.26. The van der Waals surface area contributed by atoms with Gasteiger partial charge in [0, 0.05) is 24.3 Å². The molecule has 0 unspecified atom stereocenters. The minimum absolute atomic E-state index is 0.276. The Morgan fingerprint density at radius 3 is 2.08 bits per heavy atom. The summed E-state index contributed by atoms with van der Waals surface area (Å²) in [6.45, 7) is 9.25. The van der Waals surface area contributed by atoms with Crippen LogP contribution >= 0.6 is 0 Å². The molecule has 24 heavy (non-hydrogen) atoms. The number of ether oxygens (including phenoxy) is 1. The molecular weight excluding hydrogens is 323 g/mol. The monoisotopic (exact) mass is 343 g/mol. The smallest absolute Gasteiger partial charge is 0.432 e. The summed E-state index contributed by atoms with van der Waals surface area (Å²) in [5, 5.41) is 10.0. The van der Waals surface area contributed by atoms with Gasteiger partial charge in [-0.15, -0.1) is 13.2 Å². The van der Waals surface area contributed by atoms with E-state index in [1.807, 2.05) is 0 Å². The number of aliphatic hydroxyl groups is 1. The summed E-state index contributed by atoms with van der Waals surface area (Å²) < 4.78 is 44.2. The maximum Gasteiger partial charge on any atom is 0.432 e. The fourth-order valence-corrected chi connectivity index (χ4v) is 2.14. The second-order valence-corrected chi connectivity index (χ2v) is 4.96. The SMILES string of the molecule is C=CCN(CC=C)c1ccc([C@](O)(C(=O)OCC)C(F)(F)F)cc1. The van der Waals surface area contributed by atoms with Crippen LogP contribution < -0.4 is 4.90 Å². The molecule has 0 amide bonds. The molecular formula is C17H20F3NO3. The van der Waals surface area contributed by atoms with Crippen LogP contribution in [0, 0.1) is 0 Å². The van der Waals surface area contributed by atoms with E-state index < -0.39 is 23.3 Å². The molecule has 1 atom stereocenters. The number of hydrogen-bond acceptors (Lipinski definition) is 4. The molecule has 0 aliphatic carbocycles. The first-order valence-electron chi connectivity index (χ1n) is 7.26. The molecule has 0 spiro atoms. The molecule has 0 aliphatic heterocycles. The van der Waals surface area contributed by atoms with Gasteiger partial charge in [-0.2, -0.15) is 13.2 Å². The highest BCUT2D eigenvalue weighted by Gasteiger charge is 2.62. The van der Waals surface area contributed by atoms with Crippen LogP contribution in [0.1, 0.15) is 12.5 Å². The molecule has 0 saturated heterocycles. The van der Waals surface area contributed by atoms with Crippen LogP contribution in [0.5, 0.6) is 0 Å². The van der Waals surface area contributed by atoms with Gasteiger partial charge in [0.1, 0.15) is 0 Å². The highest BCUT2D eigenvalue weighted by molar-refractivity contribution is 5.82. The number of hydrogen-bond donors (Lipinski definition) is 1. The van der Waals surface area contributed by atoms with Gasteiger partial charge < -0.3 is 14.7 Å². The van der Waals surface area contributed by atoms with E-state index in [2.05, 4.69) is 17.9 Å². The Kier molecular flexibility index (Phi) is 6.60. The van der Waals surface area contributed by atoms with E-state index in [1.54, 1.807) is 17.1 Å². The van der Waals surface area contributed by atoms with E-state index in [1.165, 1.54) is 19.1 Å². The van der Waals surface area contributed by atoms with Crippen molar-refractivity contribution in [1.82, 2.24) is 0 Å². The molecule has 0 radical (unpaired) electrons. The number of nitrogens with zero attached hydrogens (tertiary/aromatic N) is 1. The minimum atomic E-state index is -5.21. The van der Waals surface area contributed by atoms with E-state index in [0.717, 1.165) is 12.1 Å². The fourth-order valence-electron chi connectivity index (χ4n) is 2.14. The second-order valence-electron chi connectivity index (χ2n) is 4.96. The van der Waals surface area contributed by atoms with Crippen LogP contribution in [-0.4, -0.2) is 36.9 Å². The lowest BCUT2D eigenvalue weighted by Gasteiger charge is -2.29. The first-order chi connectivity index (χ1) is 11.2. The van der Waals surface area contributed by atoms with Crippen molar-refractivity contribution in [3.63, 3.8) is 0 Å². The molecule has 1 rings (SSSR count). The van der Waals surface area contributed by atoms with Crippen molar-refractivity contribution in [1.29, 1.82) is 0 Å². The van der Waals surface area contributed by atoms with Gasteiger partial charge in [0.25, 0.3) is 5.60 Å². The van der Waals surface area contributed by atoms with E-state index in [9.17, 15) is 23.1 Å². The van der Waals surface area contributed by atoms with Crippen molar-refractivity contribution in [3.8, 4) is 0 Å². The van der Waals surface area contributed by atoms with E-state index in [4.69, 9.17) is 0 Å². The number of esters is 1. The summed E-state index contributed by atoms with van der Waals surface area (Å²) in [5.74, 6) is -1.75. The lowest BCUT2D eigenvalue weighted by atomic mass is 9.93. The molecule has 0 fully saturated rings. The fraction of sp³-hybridized carbons (Fsp3) is 0.353. The summed E-state index contributed by atoms with van der Waals surface area (Å²) in [6, 6.07) is 4.88. The predicted molar refractivity (Wildman–Crippen MR) is 85.6 cm³/mol. The van der Waals surface area contributed by atoms with E-state index in [-0.39, 0.29) is 6.61 Å². The van der Waals surface area contributed by atoms with E-state index >= 15 is 0 Å². The van der Waals surface area contributed by atoms with Gasteiger partial charge in [-0.05, 0) is 19.1 Å². The third-order valence-electron chi connectivity index (χ3n) is 3.33. The van der Waals surface area contributed by atoms with Gasteiger partial charge >= 0.3 is 12.1 Å². The van der Waals surface area contributed by atoms with Crippen LogP contribution in [0.3, 0.4) is 0 Å². The maximum absolute atomic E-state index is 13.3. The number of halogens is 3. The van der Waals surface area contributed by atoms with E-state index in [0.29, 0.717) is 18.8 Å². The molecule has 0 bridgehead atoms. The summed E-state index contributed by atoms with van der Waals surface area (Å²) in [5.41, 5.74) is -3.70. The molecule has 7 heteroatoms. The standard InChI is InChI=1S/C17H20F3NO3/c1-4-11-21(12-5-2)14-9-7-13(8-10-14)16(23,17(18,19)20)15(22)24-6-3/h4-5,7-10,23H,1-2,6,11-12H2,3H3/t16-/m0/s1.